The van der Waals surface area contributed by atoms with Crippen molar-refractivity contribution in [1.82, 2.24) is 10.2 Å². The Morgan fingerprint density at radius 1 is 1.11 bits per heavy atom. The van der Waals surface area contributed by atoms with Gasteiger partial charge in [-0.25, -0.2) is 0 Å². The van der Waals surface area contributed by atoms with Crippen LogP contribution >= 0.6 is 0 Å². The van der Waals surface area contributed by atoms with E-state index in [2.05, 4.69) is 41.4 Å². The van der Waals surface area contributed by atoms with Crippen molar-refractivity contribution in [2.45, 2.75) is 13.0 Å². The number of benzene rings is 2. The molecule has 4 rings (SSSR count). The Bertz CT molecular complexity index is 893. The lowest BCUT2D eigenvalue weighted by Gasteiger charge is -2.35. The third-order valence-electron chi connectivity index (χ3n) is 5.27. The van der Waals surface area contributed by atoms with E-state index in [9.17, 15) is 4.79 Å². The number of hydrogen-bond acceptors (Lipinski definition) is 5. The predicted molar refractivity (Wildman–Crippen MR) is 110 cm³/mol. The number of carbonyl (C=O) groups excluding carboxylic acids is 1. The first-order valence-corrected chi connectivity index (χ1v) is 9.81. The summed E-state index contributed by atoms with van der Waals surface area (Å²) in [5.41, 5.74) is 3.25. The van der Waals surface area contributed by atoms with Gasteiger partial charge in [0, 0.05) is 31.1 Å². The van der Waals surface area contributed by atoms with Gasteiger partial charge in [-0.15, -0.1) is 0 Å². The molecule has 1 fully saturated rings. The molecular weight excluding hydrogens is 352 g/mol. The highest BCUT2D eigenvalue weighted by Crippen LogP contribution is 2.22. The van der Waals surface area contributed by atoms with E-state index in [-0.39, 0.29) is 18.4 Å². The van der Waals surface area contributed by atoms with E-state index in [1.54, 1.807) is 0 Å². The molecule has 2 heterocycles. The van der Waals surface area contributed by atoms with Crippen LogP contribution in [0, 0.1) is 6.92 Å². The summed E-state index contributed by atoms with van der Waals surface area (Å²) in [6.07, 6.45) is 0. The molecule has 2 aromatic carbocycles. The van der Waals surface area contributed by atoms with E-state index in [0.29, 0.717) is 12.3 Å². The quantitative estimate of drug-likeness (QED) is 0.637. The van der Waals surface area contributed by atoms with Crippen molar-refractivity contribution in [2.24, 2.45) is 0 Å². The zero-order chi connectivity index (χ0) is 19.3. The van der Waals surface area contributed by atoms with Gasteiger partial charge < -0.3 is 14.5 Å². The van der Waals surface area contributed by atoms with Crippen molar-refractivity contribution in [2.75, 3.05) is 39.4 Å². The van der Waals surface area contributed by atoms with Gasteiger partial charge in [-0.1, -0.05) is 48.0 Å². The normalized spacial score (nSPS) is 16.3. The molecule has 0 amide bonds. The molecule has 1 unspecified atom stereocenters. The maximum Gasteiger partial charge on any atom is 0.211 e. The van der Waals surface area contributed by atoms with Gasteiger partial charge in [-0.2, -0.15) is 0 Å². The van der Waals surface area contributed by atoms with Crippen molar-refractivity contribution in [3.63, 3.8) is 0 Å². The lowest BCUT2D eigenvalue weighted by atomic mass is 10.0. The van der Waals surface area contributed by atoms with Crippen LogP contribution < -0.4 is 5.32 Å². The molecule has 0 bridgehead atoms. The number of ether oxygens (including phenoxy) is 1. The average molecular weight is 378 g/mol. The van der Waals surface area contributed by atoms with Crippen LogP contribution in [-0.2, 0) is 4.74 Å². The molecule has 0 spiro atoms. The van der Waals surface area contributed by atoms with Gasteiger partial charge in [-0.05, 0) is 24.6 Å². The molecule has 0 aliphatic carbocycles. The second kappa shape index (κ2) is 8.69. The van der Waals surface area contributed by atoms with Crippen LogP contribution in [0.4, 0.5) is 0 Å². The second-order valence-corrected chi connectivity index (χ2v) is 7.28. The monoisotopic (exact) mass is 378 g/mol. The number of nitrogens with one attached hydrogen (secondary N) is 1. The van der Waals surface area contributed by atoms with Gasteiger partial charge >= 0.3 is 0 Å². The number of para-hydroxylation sites is 1. The van der Waals surface area contributed by atoms with E-state index >= 15 is 0 Å². The highest BCUT2D eigenvalue weighted by atomic mass is 16.5. The van der Waals surface area contributed by atoms with Gasteiger partial charge in [0.05, 0.1) is 19.8 Å². The summed E-state index contributed by atoms with van der Waals surface area (Å²) < 4.78 is 11.2. The molecule has 1 N–H and O–H groups in total. The SMILES string of the molecule is Cc1ccc(C(CNCC(=O)c2cc3ccccc3o2)N2CCOCC2)cc1. The Morgan fingerprint density at radius 2 is 1.86 bits per heavy atom. The number of fused-ring (bicyclic) bond motifs is 1. The fraction of sp³-hybridized carbons (Fsp3) is 0.348. The first-order valence-electron chi connectivity index (χ1n) is 9.81. The minimum atomic E-state index is -0.0270. The summed E-state index contributed by atoms with van der Waals surface area (Å²) in [5.74, 6) is 0.382. The van der Waals surface area contributed by atoms with Crippen LogP contribution in [0.1, 0.15) is 27.7 Å². The molecule has 3 aromatic rings. The van der Waals surface area contributed by atoms with Crippen LogP contribution in [0.15, 0.2) is 59.0 Å². The molecule has 0 saturated carbocycles. The summed E-state index contributed by atoms with van der Waals surface area (Å²) in [4.78, 5) is 15.0. The molecule has 1 atom stereocenters. The van der Waals surface area contributed by atoms with Crippen LogP contribution in [0.5, 0.6) is 0 Å². The molecular formula is C23H26N2O3. The van der Waals surface area contributed by atoms with Crippen LogP contribution in [0.3, 0.4) is 0 Å². The average Bonchev–Trinajstić information content (AvgIpc) is 3.17. The van der Waals surface area contributed by atoms with E-state index in [1.807, 2.05) is 30.3 Å². The lowest BCUT2D eigenvalue weighted by molar-refractivity contribution is 0.0162. The highest BCUT2D eigenvalue weighted by Gasteiger charge is 2.23. The first kappa shape index (κ1) is 18.9. The molecule has 5 nitrogen and oxygen atoms in total. The van der Waals surface area contributed by atoms with E-state index < -0.39 is 0 Å². The minimum Gasteiger partial charge on any atom is -0.453 e. The number of aryl methyl sites for hydroxylation is 1. The summed E-state index contributed by atoms with van der Waals surface area (Å²) in [5, 5.41) is 4.30. The van der Waals surface area contributed by atoms with Crippen molar-refractivity contribution in [3.05, 3.63) is 71.5 Å². The summed E-state index contributed by atoms with van der Waals surface area (Å²) in [6.45, 7) is 6.36. The molecule has 28 heavy (non-hydrogen) atoms. The number of Topliss-reactive ketones (excluding diaryl/α,β-unsaturated/α-hetero) is 1. The summed E-state index contributed by atoms with van der Waals surface area (Å²) in [6, 6.07) is 18.4. The van der Waals surface area contributed by atoms with Gasteiger partial charge in [0.25, 0.3) is 0 Å². The zero-order valence-electron chi connectivity index (χ0n) is 16.2. The molecule has 5 heteroatoms. The fourth-order valence-corrected chi connectivity index (χ4v) is 3.66. The van der Waals surface area contributed by atoms with E-state index in [4.69, 9.17) is 9.15 Å². The predicted octanol–water partition coefficient (Wildman–Crippen LogP) is 3.59. The maximum atomic E-state index is 12.6. The van der Waals surface area contributed by atoms with Crippen LogP contribution in [0.25, 0.3) is 11.0 Å². The third kappa shape index (κ3) is 4.33. The van der Waals surface area contributed by atoms with E-state index in [0.717, 1.165) is 37.3 Å². The Hall–Kier alpha value is -2.47. The smallest absolute Gasteiger partial charge is 0.211 e. The number of hydrogen-bond donors (Lipinski definition) is 1. The van der Waals surface area contributed by atoms with Crippen LogP contribution in [-0.4, -0.2) is 50.1 Å². The molecule has 0 radical (unpaired) electrons. The Morgan fingerprint density at radius 3 is 2.61 bits per heavy atom. The first-order chi connectivity index (χ1) is 13.7. The minimum absolute atomic E-state index is 0.0270. The topological polar surface area (TPSA) is 54.7 Å². The number of nitrogens with zero attached hydrogens (tertiary/aromatic N) is 1. The summed E-state index contributed by atoms with van der Waals surface area (Å²) >= 11 is 0. The third-order valence-corrected chi connectivity index (χ3v) is 5.27. The zero-order valence-corrected chi connectivity index (χ0v) is 16.2. The van der Waals surface area contributed by atoms with Crippen LogP contribution in [0.2, 0.25) is 0 Å². The lowest BCUT2D eigenvalue weighted by Crippen LogP contribution is -2.43. The van der Waals surface area contributed by atoms with Gasteiger partial charge in [0.1, 0.15) is 5.58 Å². The van der Waals surface area contributed by atoms with Gasteiger partial charge in [-0.3, -0.25) is 9.69 Å². The molecule has 146 valence electrons. The van der Waals surface area contributed by atoms with Crippen molar-refractivity contribution in [3.8, 4) is 0 Å². The number of rotatable bonds is 7. The van der Waals surface area contributed by atoms with Crippen molar-refractivity contribution < 1.29 is 13.9 Å². The van der Waals surface area contributed by atoms with Gasteiger partial charge in [0.2, 0.25) is 5.78 Å². The standard InChI is InChI=1S/C23H26N2O3/c1-17-6-8-18(9-7-17)20(25-10-12-27-13-11-25)15-24-16-21(26)23-14-19-4-2-3-5-22(19)28-23/h2-9,14,20,24H,10-13,15-16H2,1H3. The summed E-state index contributed by atoms with van der Waals surface area (Å²) in [7, 11) is 0. The number of ketones is 1. The molecule has 1 aliphatic rings. The molecule has 1 aromatic heterocycles. The molecule has 1 saturated heterocycles. The maximum absolute atomic E-state index is 12.6. The fourth-order valence-electron chi connectivity index (χ4n) is 3.66. The number of furan rings is 1. The van der Waals surface area contributed by atoms with Crippen molar-refractivity contribution in [1.29, 1.82) is 0 Å². The molecule has 1 aliphatic heterocycles. The second-order valence-electron chi connectivity index (χ2n) is 7.28. The number of morpholine rings is 1. The van der Waals surface area contributed by atoms with E-state index in [1.165, 1.54) is 11.1 Å². The highest BCUT2D eigenvalue weighted by molar-refractivity contribution is 5.98. The van der Waals surface area contributed by atoms with Crippen molar-refractivity contribution >= 4 is 16.8 Å². The largest absolute Gasteiger partial charge is 0.453 e. The Labute approximate surface area is 165 Å². The van der Waals surface area contributed by atoms with Gasteiger partial charge in [0.15, 0.2) is 5.76 Å². The number of carbonyl (C=O) groups is 1. The Kier molecular flexibility index (Phi) is 5.86. The Balaban J connectivity index is 1.41.